The van der Waals surface area contributed by atoms with Gasteiger partial charge in [-0.05, 0) is 120 Å². The van der Waals surface area contributed by atoms with Crippen LogP contribution < -0.4 is 24.2 Å². The summed E-state index contributed by atoms with van der Waals surface area (Å²) in [5, 5.41) is 0. The molecular formula is C48H33N3O2. The van der Waals surface area contributed by atoms with E-state index in [2.05, 4.69) is 160 Å². The average Bonchev–Trinajstić information content (AvgIpc) is 3.23. The molecule has 5 heteroatoms. The van der Waals surface area contributed by atoms with Crippen LogP contribution in [0.5, 0.6) is 23.0 Å². The Balaban J connectivity index is 0.988. The summed E-state index contributed by atoms with van der Waals surface area (Å²) in [5.41, 5.74) is 11.6. The molecule has 0 fully saturated rings. The van der Waals surface area contributed by atoms with Gasteiger partial charge in [-0.1, -0.05) is 91.0 Å². The van der Waals surface area contributed by atoms with Gasteiger partial charge in [-0.2, -0.15) is 0 Å². The van der Waals surface area contributed by atoms with Crippen LogP contribution in [0.3, 0.4) is 0 Å². The van der Waals surface area contributed by atoms with Crippen LogP contribution in [0.4, 0.5) is 51.2 Å². The predicted molar refractivity (Wildman–Crippen MR) is 216 cm³/mol. The third-order valence-corrected chi connectivity index (χ3v) is 9.81. The van der Waals surface area contributed by atoms with E-state index >= 15 is 0 Å². The zero-order valence-corrected chi connectivity index (χ0v) is 28.7. The molecule has 0 amide bonds. The molecule has 0 saturated heterocycles. The molecule has 10 rings (SSSR count). The Hall–Kier alpha value is -7.24. The predicted octanol–water partition coefficient (Wildman–Crippen LogP) is 14.0. The largest absolute Gasteiger partial charge is 0.453 e. The molecule has 0 spiro atoms. The quantitative estimate of drug-likeness (QED) is 0.174. The van der Waals surface area contributed by atoms with E-state index in [1.807, 2.05) is 54.6 Å². The minimum atomic E-state index is 0.825. The fourth-order valence-corrected chi connectivity index (χ4v) is 7.35. The van der Waals surface area contributed by atoms with E-state index in [-0.39, 0.29) is 0 Å². The third kappa shape index (κ3) is 5.43. The van der Waals surface area contributed by atoms with Gasteiger partial charge < -0.3 is 24.2 Å². The first-order valence-corrected chi connectivity index (χ1v) is 17.8. The molecule has 0 N–H and O–H groups in total. The van der Waals surface area contributed by atoms with Gasteiger partial charge in [-0.3, -0.25) is 0 Å². The molecule has 8 aromatic carbocycles. The van der Waals surface area contributed by atoms with Gasteiger partial charge in [0.05, 0.1) is 22.7 Å². The summed E-state index contributed by atoms with van der Waals surface area (Å²) in [6, 6.07) is 69.5. The van der Waals surface area contributed by atoms with Crippen LogP contribution in [-0.2, 0) is 0 Å². The molecule has 0 radical (unpaired) electrons. The lowest BCUT2D eigenvalue weighted by Crippen LogP contribution is -2.16. The lowest BCUT2D eigenvalue weighted by atomic mass is 10.0. The van der Waals surface area contributed by atoms with Gasteiger partial charge in [0.25, 0.3) is 0 Å². The highest BCUT2D eigenvalue weighted by Gasteiger charge is 2.27. The van der Waals surface area contributed by atoms with Crippen molar-refractivity contribution in [2.75, 3.05) is 14.7 Å². The minimum absolute atomic E-state index is 0.825. The highest BCUT2D eigenvalue weighted by Crippen LogP contribution is 2.52. The Morgan fingerprint density at radius 3 is 1.26 bits per heavy atom. The van der Waals surface area contributed by atoms with Crippen LogP contribution in [-0.4, -0.2) is 0 Å². The number of para-hydroxylation sites is 8. The molecule has 0 saturated carbocycles. The fourth-order valence-electron chi connectivity index (χ4n) is 7.35. The van der Waals surface area contributed by atoms with Crippen LogP contribution in [0.2, 0.25) is 0 Å². The zero-order chi connectivity index (χ0) is 35.1. The number of ether oxygens (including phenoxy) is 2. The normalized spacial score (nSPS) is 12.4. The molecule has 0 aromatic heterocycles. The van der Waals surface area contributed by atoms with Crippen LogP contribution in [0.25, 0.3) is 11.1 Å². The van der Waals surface area contributed by atoms with Crippen LogP contribution in [0.15, 0.2) is 200 Å². The molecule has 0 aliphatic carbocycles. The van der Waals surface area contributed by atoms with E-state index in [4.69, 9.17) is 9.47 Å². The molecule has 2 aliphatic rings. The summed E-state index contributed by atoms with van der Waals surface area (Å²) in [4.78, 5) is 6.82. The smallest absolute Gasteiger partial charge is 0.152 e. The van der Waals surface area contributed by atoms with Crippen LogP contribution in [0, 0.1) is 0 Å². The van der Waals surface area contributed by atoms with E-state index in [0.717, 1.165) is 85.3 Å². The molecule has 53 heavy (non-hydrogen) atoms. The molecule has 2 aliphatic heterocycles. The van der Waals surface area contributed by atoms with E-state index in [1.54, 1.807) is 0 Å². The van der Waals surface area contributed by atoms with Crippen molar-refractivity contribution in [3.63, 3.8) is 0 Å². The maximum absolute atomic E-state index is 6.50. The van der Waals surface area contributed by atoms with Gasteiger partial charge in [-0.15, -0.1) is 0 Å². The number of rotatable bonds is 6. The van der Waals surface area contributed by atoms with Crippen LogP contribution >= 0.6 is 0 Å². The molecular weight excluding hydrogens is 651 g/mol. The van der Waals surface area contributed by atoms with Crippen molar-refractivity contribution >= 4 is 51.2 Å². The summed E-state index contributed by atoms with van der Waals surface area (Å²) in [6.45, 7) is 0. The summed E-state index contributed by atoms with van der Waals surface area (Å²) in [5.74, 6) is 3.34. The second kappa shape index (κ2) is 12.8. The number of fused-ring (bicyclic) bond motifs is 4. The number of hydrogen-bond donors (Lipinski definition) is 0. The number of anilines is 9. The maximum Gasteiger partial charge on any atom is 0.152 e. The molecule has 0 unspecified atom stereocenters. The van der Waals surface area contributed by atoms with Crippen molar-refractivity contribution in [1.29, 1.82) is 0 Å². The zero-order valence-electron chi connectivity index (χ0n) is 28.7. The van der Waals surface area contributed by atoms with Gasteiger partial charge in [0.1, 0.15) is 0 Å². The van der Waals surface area contributed by atoms with Crippen molar-refractivity contribution in [2.45, 2.75) is 0 Å². The van der Waals surface area contributed by atoms with Gasteiger partial charge in [0.2, 0.25) is 0 Å². The SMILES string of the molecule is c1ccc(N(c2ccc(-c3ccc4c(c3)Oc3ccccc3N4c3ccccc3)cc2)c2ccc(N3c4ccccc4Oc4ccccc43)cc2)cc1. The summed E-state index contributed by atoms with van der Waals surface area (Å²) in [7, 11) is 0. The number of hydrogen-bond acceptors (Lipinski definition) is 5. The van der Waals surface area contributed by atoms with Crippen molar-refractivity contribution in [3.8, 4) is 34.1 Å². The Morgan fingerprint density at radius 1 is 0.302 bits per heavy atom. The maximum atomic E-state index is 6.50. The van der Waals surface area contributed by atoms with Gasteiger partial charge in [0, 0.05) is 28.4 Å². The van der Waals surface area contributed by atoms with Crippen molar-refractivity contribution in [2.24, 2.45) is 0 Å². The standard InChI is InChI=1S/C48H33N3O2/c1-3-13-36(14-4-1)49(39-28-30-40(31-29-39)51-41-17-7-10-20-45(41)52-46-21-11-8-18-42(46)51)38-26-23-34(24-27-38)35-25-32-44-48(33-35)53-47-22-12-9-19-43(47)50(44)37-15-5-2-6-16-37/h1-33H. The fraction of sp³-hybridized carbons (Fsp3) is 0. The topological polar surface area (TPSA) is 28.2 Å². The van der Waals surface area contributed by atoms with E-state index < -0.39 is 0 Å². The second-order valence-electron chi connectivity index (χ2n) is 13.0. The molecule has 5 nitrogen and oxygen atoms in total. The lowest BCUT2D eigenvalue weighted by molar-refractivity contribution is 0.477. The Kier molecular flexibility index (Phi) is 7.40. The Morgan fingerprint density at radius 2 is 0.698 bits per heavy atom. The molecule has 8 aromatic rings. The van der Waals surface area contributed by atoms with Crippen molar-refractivity contribution in [3.05, 3.63) is 200 Å². The highest BCUT2D eigenvalue weighted by molar-refractivity contribution is 5.89. The second-order valence-corrected chi connectivity index (χ2v) is 13.0. The summed E-state index contributed by atoms with van der Waals surface area (Å²) in [6.07, 6.45) is 0. The Bertz CT molecular complexity index is 2530. The first kappa shape index (κ1) is 30.6. The van der Waals surface area contributed by atoms with Gasteiger partial charge in [0.15, 0.2) is 23.0 Å². The number of benzene rings is 8. The number of nitrogens with zero attached hydrogens (tertiary/aromatic N) is 3. The average molecular weight is 684 g/mol. The Labute approximate surface area is 308 Å². The van der Waals surface area contributed by atoms with E-state index in [0.29, 0.717) is 0 Å². The first-order chi connectivity index (χ1) is 26.3. The monoisotopic (exact) mass is 683 g/mol. The van der Waals surface area contributed by atoms with Gasteiger partial charge >= 0.3 is 0 Å². The highest BCUT2D eigenvalue weighted by atomic mass is 16.5. The minimum Gasteiger partial charge on any atom is -0.453 e. The summed E-state index contributed by atoms with van der Waals surface area (Å²) < 4.78 is 12.8. The van der Waals surface area contributed by atoms with Crippen molar-refractivity contribution < 1.29 is 9.47 Å². The summed E-state index contributed by atoms with van der Waals surface area (Å²) >= 11 is 0. The molecule has 0 atom stereocenters. The van der Waals surface area contributed by atoms with E-state index in [1.165, 1.54) is 0 Å². The van der Waals surface area contributed by atoms with Crippen molar-refractivity contribution in [1.82, 2.24) is 0 Å². The molecule has 0 bridgehead atoms. The third-order valence-electron chi connectivity index (χ3n) is 9.81. The lowest BCUT2D eigenvalue weighted by Gasteiger charge is -2.33. The molecule has 252 valence electrons. The van der Waals surface area contributed by atoms with E-state index in [9.17, 15) is 0 Å². The first-order valence-electron chi connectivity index (χ1n) is 17.8. The van der Waals surface area contributed by atoms with Crippen LogP contribution in [0.1, 0.15) is 0 Å². The molecule has 2 heterocycles. The van der Waals surface area contributed by atoms with Gasteiger partial charge in [-0.25, -0.2) is 0 Å².